The molecule has 0 spiro atoms. The summed E-state index contributed by atoms with van der Waals surface area (Å²) in [5, 5.41) is 0. The Kier molecular flexibility index (Phi) is 3.52. The Balaban J connectivity index is 2.32. The molecule has 0 N–H and O–H groups in total. The van der Waals surface area contributed by atoms with E-state index in [2.05, 4.69) is 13.5 Å². The maximum Gasteiger partial charge on any atom is 0.333 e. The average Bonchev–Trinajstić information content (AvgIpc) is 2.52. The molecule has 2 atom stereocenters. The lowest BCUT2D eigenvalue weighted by Crippen LogP contribution is -2.15. The zero-order chi connectivity index (χ0) is 9.84. The molecule has 0 amide bonds. The summed E-state index contributed by atoms with van der Waals surface area (Å²) in [5.74, 6) is 0.518. The Labute approximate surface area is 80.0 Å². The van der Waals surface area contributed by atoms with Crippen LogP contribution in [-0.2, 0) is 9.53 Å². The van der Waals surface area contributed by atoms with Gasteiger partial charge in [0.25, 0.3) is 0 Å². The van der Waals surface area contributed by atoms with E-state index in [1.807, 2.05) is 0 Å². The zero-order valence-corrected chi connectivity index (χ0v) is 8.51. The quantitative estimate of drug-likeness (QED) is 0.495. The lowest BCUT2D eigenvalue weighted by Gasteiger charge is -2.11. The van der Waals surface area contributed by atoms with Gasteiger partial charge in [-0.1, -0.05) is 19.9 Å². The van der Waals surface area contributed by atoms with Gasteiger partial charge in [0, 0.05) is 5.57 Å². The summed E-state index contributed by atoms with van der Waals surface area (Å²) >= 11 is 0. The Morgan fingerprint density at radius 3 is 2.69 bits per heavy atom. The van der Waals surface area contributed by atoms with E-state index in [1.165, 1.54) is 12.8 Å². The summed E-state index contributed by atoms with van der Waals surface area (Å²) in [6.07, 6.45) is 4.60. The van der Waals surface area contributed by atoms with Gasteiger partial charge in [-0.3, -0.25) is 0 Å². The molecule has 0 bridgehead atoms. The summed E-state index contributed by atoms with van der Waals surface area (Å²) in [6.45, 7) is 7.44. The first-order valence-electron chi connectivity index (χ1n) is 5.00. The molecule has 1 saturated carbocycles. The summed E-state index contributed by atoms with van der Waals surface area (Å²) < 4.78 is 5.27. The fraction of sp³-hybridized carbons (Fsp3) is 0.727. The largest absolute Gasteiger partial charge is 0.459 e. The molecule has 0 heterocycles. The van der Waals surface area contributed by atoms with Gasteiger partial charge in [-0.25, -0.2) is 4.79 Å². The first-order chi connectivity index (χ1) is 6.13. The van der Waals surface area contributed by atoms with Crippen molar-refractivity contribution in [2.45, 2.75) is 45.6 Å². The van der Waals surface area contributed by atoms with Crippen molar-refractivity contribution >= 4 is 5.97 Å². The molecule has 2 heteroatoms. The van der Waals surface area contributed by atoms with Crippen molar-refractivity contribution < 1.29 is 9.53 Å². The van der Waals surface area contributed by atoms with Gasteiger partial charge in [-0.15, -0.1) is 0 Å². The summed E-state index contributed by atoms with van der Waals surface area (Å²) in [5.41, 5.74) is 0.500. The van der Waals surface area contributed by atoms with E-state index in [0.29, 0.717) is 5.57 Å². The maximum atomic E-state index is 11.2. The number of hydrogen-bond donors (Lipinski definition) is 0. The van der Waals surface area contributed by atoms with Crippen LogP contribution in [0, 0.1) is 5.92 Å². The third-order valence-electron chi connectivity index (χ3n) is 2.69. The standard InChI is InChI=1S/C11H18O2/c1-4-9-5-6-10(7-9)13-11(12)8(2)3/h9-10H,2,4-7H2,1,3H3. The fourth-order valence-corrected chi connectivity index (χ4v) is 1.76. The molecule has 0 aromatic heterocycles. The van der Waals surface area contributed by atoms with Crippen molar-refractivity contribution in [1.82, 2.24) is 0 Å². The normalized spacial score (nSPS) is 27.2. The monoisotopic (exact) mass is 182 g/mol. The van der Waals surface area contributed by atoms with Gasteiger partial charge >= 0.3 is 5.97 Å². The Morgan fingerprint density at radius 2 is 2.23 bits per heavy atom. The van der Waals surface area contributed by atoms with E-state index in [1.54, 1.807) is 6.92 Å². The highest BCUT2D eigenvalue weighted by Crippen LogP contribution is 2.30. The summed E-state index contributed by atoms with van der Waals surface area (Å²) in [7, 11) is 0. The minimum absolute atomic E-state index is 0.147. The topological polar surface area (TPSA) is 26.3 Å². The number of carbonyl (C=O) groups excluding carboxylic acids is 1. The molecule has 0 radical (unpaired) electrons. The minimum atomic E-state index is -0.234. The first-order valence-corrected chi connectivity index (χ1v) is 5.00. The molecular weight excluding hydrogens is 164 g/mol. The van der Waals surface area contributed by atoms with Gasteiger partial charge in [0.05, 0.1) is 0 Å². The van der Waals surface area contributed by atoms with Crippen LogP contribution >= 0.6 is 0 Å². The molecule has 0 aromatic carbocycles. The van der Waals surface area contributed by atoms with E-state index in [9.17, 15) is 4.79 Å². The highest BCUT2D eigenvalue weighted by atomic mass is 16.5. The molecule has 1 aliphatic carbocycles. The average molecular weight is 182 g/mol. The van der Waals surface area contributed by atoms with Gasteiger partial charge in [-0.05, 0) is 32.1 Å². The molecule has 0 aromatic rings. The van der Waals surface area contributed by atoms with Crippen LogP contribution in [0.4, 0.5) is 0 Å². The number of esters is 1. The molecule has 2 nitrogen and oxygen atoms in total. The first kappa shape index (κ1) is 10.3. The molecule has 13 heavy (non-hydrogen) atoms. The van der Waals surface area contributed by atoms with Gasteiger partial charge in [-0.2, -0.15) is 0 Å². The van der Waals surface area contributed by atoms with E-state index >= 15 is 0 Å². The van der Waals surface area contributed by atoms with Crippen LogP contribution in [0.2, 0.25) is 0 Å². The van der Waals surface area contributed by atoms with Crippen LogP contribution in [0.15, 0.2) is 12.2 Å². The molecule has 0 aliphatic heterocycles. The van der Waals surface area contributed by atoms with Crippen molar-refractivity contribution in [3.8, 4) is 0 Å². The van der Waals surface area contributed by atoms with E-state index in [0.717, 1.165) is 18.8 Å². The molecule has 74 valence electrons. The van der Waals surface area contributed by atoms with Crippen LogP contribution in [0.5, 0.6) is 0 Å². The number of rotatable bonds is 3. The van der Waals surface area contributed by atoms with Crippen molar-refractivity contribution in [3.63, 3.8) is 0 Å². The van der Waals surface area contributed by atoms with Crippen LogP contribution < -0.4 is 0 Å². The van der Waals surface area contributed by atoms with Crippen molar-refractivity contribution in [2.75, 3.05) is 0 Å². The van der Waals surface area contributed by atoms with E-state index in [4.69, 9.17) is 4.74 Å². The highest BCUT2D eigenvalue weighted by Gasteiger charge is 2.26. The Morgan fingerprint density at radius 1 is 1.54 bits per heavy atom. The predicted octanol–water partition coefficient (Wildman–Crippen LogP) is 2.68. The van der Waals surface area contributed by atoms with E-state index < -0.39 is 0 Å². The third kappa shape index (κ3) is 2.87. The summed E-state index contributed by atoms with van der Waals surface area (Å²) in [4.78, 5) is 11.2. The van der Waals surface area contributed by atoms with Crippen molar-refractivity contribution in [2.24, 2.45) is 5.92 Å². The molecule has 1 rings (SSSR count). The van der Waals surface area contributed by atoms with Crippen LogP contribution in [0.1, 0.15) is 39.5 Å². The van der Waals surface area contributed by atoms with Gasteiger partial charge < -0.3 is 4.74 Å². The zero-order valence-electron chi connectivity index (χ0n) is 8.51. The van der Waals surface area contributed by atoms with Gasteiger partial charge in [0.15, 0.2) is 0 Å². The molecule has 0 saturated heterocycles. The molecular formula is C11H18O2. The van der Waals surface area contributed by atoms with Crippen LogP contribution in [0.25, 0.3) is 0 Å². The highest BCUT2D eigenvalue weighted by molar-refractivity contribution is 5.87. The van der Waals surface area contributed by atoms with Crippen LogP contribution in [0.3, 0.4) is 0 Å². The van der Waals surface area contributed by atoms with Gasteiger partial charge in [0.1, 0.15) is 6.10 Å². The van der Waals surface area contributed by atoms with Gasteiger partial charge in [0.2, 0.25) is 0 Å². The predicted molar refractivity (Wildman–Crippen MR) is 52.3 cm³/mol. The SMILES string of the molecule is C=C(C)C(=O)OC1CCC(CC)C1. The lowest BCUT2D eigenvalue weighted by molar-refractivity contribution is -0.143. The molecule has 2 unspecified atom stereocenters. The van der Waals surface area contributed by atoms with E-state index in [-0.39, 0.29) is 12.1 Å². The number of ether oxygens (including phenoxy) is 1. The number of carbonyl (C=O) groups is 1. The third-order valence-corrected chi connectivity index (χ3v) is 2.69. The fourth-order valence-electron chi connectivity index (χ4n) is 1.76. The summed E-state index contributed by atoms with van der Waals surface area (Å²) in [6, 6.07) is 0. The number of hydrogen-bond acceptors (Lipinski definition) is 2. The van der Waals surface area contributed by atoms with Crippen molar-refractivity contribution in [1.29, 1.82) is 0 Å². The Hall–Kier alpha value is -0.790. The maximum absolute atomic E-state index is 11.2. The van der Waals surface area contributed by atoms with Crippen LogP contribution in [-0.4, -0.2) is 12.1 Å². The lowest BCUT2D eigenvalue weighted by atomic mass is 10.1. The second-order valence-electron chi connectivity index (χ2n) is 3.89. The molecule has 1 fully saturated rings. The smallest absolute Gasteiger partial charge is 0.333 e. The van der Waals surface area contributed by atoms with Crippen molar-refractivity contribution in [3.05, 3.63) is 12.2 Å². The minimum Gasteiger partial charge on any atom is -0.459 e. The molecule has 1 aliphatic rings. The second-order valence-corrected chi connectivity index (χ2v) is 3.89. The second kappa shape index (κ2) is 4.45. The Bertz CT molecular complexity index is 208.